The summed E-state index contributed by atoms with van der Waals surface area (Å²) in [7, 11) is -3.48. The van der Waals surface area contributed by atoms with E-state index in [0.29, 0.717) is 41.5 Å². The Kier molecular flexibility index (Phi) is 15.9. The molecule has 0 amide bonds. The lowest BCUT2D eigenvalue weighted by Crippen LogP contribution is -2.29. The van der Waals surface area contributed by atoms with E-state index >= 15 is 0 Å². The fourth-order valence-electron chi connectivity index (χ4n) is 8.04. The SMILES string of the molecule is CC(C)c1cnn2c(NCC3CCCCC3)nc(NC3CCOCC3)nc12.CC(C)c1cnn2c(NCC3CCCCC3)nc(S(C)(=O)=O)nc12.NC1CCOCC1. The van der Waals surface area contributed by atoms with E-state index in [1.54, 1.807) is 10.7 Å². The maximum atomic E-state index is 12.0. The molecule has 6 heterocycles. The minimum atomic E-state index is -3.48. The second-order valence-electron chi connectivity index (χ2n) is 17.2. The molecular formula is C41H68N12O4S. The van der Waals surface area contributed by atoms with Crippen molar-refractivity contribution in [1.82, 2.24) is 39.2 Å². The van der Waals surface area contributed by atoms with E-state index < -0.39 is 9.84 Å². The Labute approximate surface area is 344 Å². The zero-order chi connectivity index (χ0) is 41.1. The zero-order valence-electron chi connectivity index (χ0n) is 35.5. The van der Waals surface area contributed by atoms with Gasteiger partial charge < -0.3 is 31.2 Å². The van der Waals surface area contributed by atoms with Crippen LogP contribution in [0.2, 0.25) is 0 Å². The van der Waals surface area contributed by atoms with Crippen molar-refractivity contribution in [3.63, 3.8) is 0 Å². The molecule has 4 aliphatic rings. The quantitative estimate of drug-likeness (QED) is 0.126. The Balaban J connectivity index is 0.000000168. The van der Waals surface area contributed by atoms with Gasteiger partial charge in [0.1, 0.15) is 0 Å². The number of nitrogens with one attached hydrogen (secondary N) is 3. The first-order valence-corrected chi connectivity index (χ1v) is 23.7. The maximum absolute atomic E-state index is 12.0. The van der Waals surface area contributed by atoms with E-state index in [2.05, 4.69) is 50.0 Å². The molecule has 2 aliphatic heterocycles. The van der Waals surface area contributed by atoms with Crippen molar-refractivity contribution in [2.45, 2.75) is 147 Å². The van der Waals surface area contributed by atoms with Gasteiger partial charge >= 0.3 is 0 Å². The highest BCUT2D eigenvalue weighted by Crippen LogP contribution is 2.28. The van der Waals surface area contributed by atoms with Gasteiger partial charge in [0.25, 0.3) is 5.16 Å². The summed E-state index contributed by atoms with van der Waals surface area (Å²) >= 11 is 0. The van der Waals surface area contributed by atoms with E-state index in [4.69, 9.17) is 25.2 Å². The fraction of sp³-hybridized carbons (Fsp3) is 0.756. The average molecular weight is 825 g/mol. The lowest BCUT2D eigenvalue weighted by atomic mass is 9.89. The smallest absolute Gasteiger partial charge is 0.252 e. The normalized spacial score (nSPS) is 19.2. The number of fused-ring (bicyclic) bond motifs is 2. The minimum absolute atomic E-state index is 0.149. The van der Waals surface area contributed by atoms with Gasteiger partial charge in [0.2, 0.25) is 27.7 Å². The van der Waals surface area contributed by atoms with Crippen LogP contribution in [0.5, 0.6) is 0 Å². The van der Waals surface area contributed by atoms with Crippen LogP contribution in [-0.2, 0) is 19.3 Å². The van der Waals surface area contributed by atoms with Crippen LogP contribution in [0.3, 0.4) is 0 Å². The van der Waals surface area contributed by atoms with Crippen molar-refractivity contribution in [3.05, 3.63) is 23.5 Å². The molecule has 2 aliphatic carbocycles. The van der Waals surface area contributed by atoms with Gasteiger partial charge in [0.15, 0.2) is 11.3 Å². The highest BCUT2D eigenvalue weighted by atomic mass is 32.2. The van der Waals surface area contributed by atoms with Crippen LogP contribution in [0.15, 0.2) is 17.6 Å². The molecule has 17 heteroatoms. The molecule has 8 rings (SSSR count). The first-order chi connectivity index (χ1) is 28.0. The molecule has 16 nitrogen and oxygen atoms in total. The van der Waals surface area contributed by atoms with E-state index in [9.17, 15) is 8.42 Å². The van der Waals surface area contributed by atoms with Crippen LogP contribution in [0.25, 0.3) is 11.3 Å². The summed E-state index contributed by atoms with van der Waals surface area (Å²) in [5.41, 5.74) is 9.10. The second-order valence-corrected chi connectivity index (χ2v) is 19.1. The molecule has 2 saturated carbocycles. The van der Waals surface area contributed by atoms with Gasteiger partial charge in [-0.1, -0.05) is 66.2 Å². The molecular weight excluding hydrogens is 757 g/mol. The Morgan fingerprint density at radius 1 is 0.672 bits per heavy atom. The Morgan fingerprint density at radius 3 is 1.59 bits per heavy atom. The predicted molar refractivity (Wildman–Crippen MR) is 228 cm³/mol. The molecule has 0 atom stereocenters. The molecule has 4 aromatic heterocycles. The summed E-state index contributed by atoms with van der Waals surface area (Å²) in [6.07, 6.45) is 21.8. The van der Waals surface area contributed by atoms with Gasteiger partial charge in [0, 0.05) is 69.0 Å². The predicted octanol–water partition coefficient (Wildman–Crippen LogP) is 6.60. The van der Waals surface area contributed by atoms with Crippen LogP contribution < -0.4 is 21.7 Å². The van der Waals surface area contributed by atoms with Gasteiger partial charge in [-0.25, -0.2) is 8.42 Å². The van der Waals surface area contributed by atoms with Crippen molar-refractivity contribution in [2.75, 3.05) is 61.7 Å². The lowest BCUT2D eigenvalue weighted by molar-refractivity contribution is 0.0866. The third kappa shape index (κ3) is 12.2. The Morgan fingerprint density at radius 2 is 1.14 bits per heavy atom. The minimum Gasteiger partial charge on any atom is -0.381 e. The first kappa shape index (κ1) is 43.9. The average Bonchev–Trinajstić information content (AvgIpc) is 3.86. The van der Waals surface area contributed by atoms with E-state index in [-0.39, 0.29) is 11.1 Å². The van der Waals surface area contributed by atoms with Crippen molar-refractivity contribution in [1.29, 1.82) is 0 Å². The molecule has 4 fully saturated rings. The van der Waals surface area contributed by atoms with Crippen LogP contribution in [0.1, 0.15) is 141 Å². The van der Waals surface area contributed by atoms with Gasteiger partial charge in [-0.15, -0.1) is 0 Å². The summed E-state index contributed by atoms with van der Waals surface area (Å²) in [6.45, 7) is 13.5. The van der Waals surface area contributed by atoms with Gasteiger partial charge in [-0.3, -0.25) is 0 Å². The number of rotatable bonds is 11. The van der Waals surface area contributed by atoms with E-state index in [1.807, 2.05) is 24.6 Å². The maximum Gasteiger partial charge on any atom is 0.252 e. The largest absolute Gasteiger partial charge is 0.381 e. The summed E-state index contributed by atoms with van der Waals surface area (Å²) < 4.78 is 37.9. The number of sulfone groups is 1. The summed E-state index contributed by atoms with van der Waals surface area (Å²) in [6, 6.07) is 0.784. The molecule has 4 aromatic rings. The van der Waals surface area contributed by atoms with Crippen molar-refractivity contribution in [2.24, 2.45) is 17.6 Å². The summed E-state index contributed by atoms with van der Waals surface area (Å²) in [4.78, 5) is 18.0. The third-order valence-electron chi connectivity index (χ3n) is 11.7. The molecule has 5 N–H and O–H groups in total. The Hall–Kier alpha value is -3.67. The fourth-order valence-corrected chi connectivity index (χ4v) is 8.54. The van der Waals surface area contributed by atoms with Gasteiger partial charge in [-0.2, -0.15) is 39.2 Å². The number of aromatic nitrogens is 8. The van der Waals surface area contributed by atoms with Crippen LogP contribution in [0.4, 0.5) is 17.8 Å². The summed E-state index contributed by atoms with van der Waals surface area (Å²) in [5, 5.41) is 19.2. The number of anilines is 3. The van der Waals surface area contributed by atoms with E-state index in [0.717, 1.165) is 100 Å². The topological polar surface area (TPSA) is 201 Å². The Bertz CT molecular complexity index is 1980. The molecule has 0 unspecified atom stereocenters. The summed E-state index contributed by atoms with van der Waals surface area (Å²) in [5.74, 6) is 3.87. The highest BCUT2D eigenvalue weighted by molar-refractivity contribution is 7.90. The molecule has 0 aromatic carbocycles. The molecule has 322 valence electrons. The van der Waals surface area contributed by atoms with Gasteiger partial charge in [0.05, 0.1) is 12.4 Å². The van der Waals surface area contributed by atoms with Gasteiger partial charge in [-0.05, 0) is 75.0 Å². The molecule has 0 radical (unpaired) electrons. The van der Waals surface area contributed by atoms with Crippen LogP contribution in [-0.4, -0.2) is 105 Å². The lowest BCUT2D eigenvalue weighted by Gasteiger charge is -2.24. The molecule has 2 saturated heterocycles. The first-order valence-electron chi connectivity index (χ1n) is 21.8. The molecule has 0 spiro atoms. The number of hydrogen-bond acceptors (Lipinski definition) is 14. The number of ether oxygens (including phenoxy) is 2. The molecule has 58 heavy (non-hydrogen) atoms. The zero-order valence-corrected chi connectivity index (χ0v) is 36.3. The number of hydrogen-bond donors (Lipinski definition) is 4. The van der Waals surface area contributed by atoms with Crippen LogP contribution >= 0.6 is 0 Å². The monoisotopic (exact) mass is 825 g/mol. The molecule has 0 bridgehead atoms. The number of nitrogens with two attached hydrogens (primary N) is 1. The van der Waals surface area contributed by atoms with E-state index in [1.165, 1.54) is 64.2 Å². The third-order valence-corrected chi connectivity index (χ3v) is 12.6. The standard InChI is InChI=1S/C20H32N6O.C16H25N5O2S.C5H11NO/c1-14(2)17-13-22-26-18(17)24-19(23-16-8-10-27-11-9-16)25-20(26)21-12-15-6-4-3-5-7-15;1-11(2)13-10-18-21-14(13)19-16(24(3,22)23)20-15(21)17-9-12-7-5-4-6-8-12;6-5-1-3-7-4-2-5/h13-16H,3-12H2,1-2H3,(H2,21,23,24,25);10-12H,4-9H2,1-3H3,(H,17,19,20);5H,1-4,6H2. The van der Waals surface area contributed by atoms with Crippen molar-refractivity contribution < 1.29 is 17.9 Å². The number of nitrogens with zero attached hydrogens (tertiary/aromatic N) is 8. The second kappa shape index (κ2) is 21.0. The van der Waals surface area contributed by atoms with Crippen molar-refractivity contribution >= 4 is 39.0 Å². The van der Waals surface area contributed by atoms with Crippen LogP contribution in [0, 0.1) is 11.8 Å². The van der Waals surface area contributed by atoms with Crippen molar-refractivity contribution in [3.8, 4) is 0 Å². The highest BCUT2D eigenvalue weighted by Gasteiger charge is 2.23.